The topological polar surface area (TPSA) is 66.0 Å². The zero-order valence-electron chi connectivity index (χ0n) is 17.1. The molecule has 2 N–H and O–H groups in total. The fourth-order valence-electron chi connectivity index (χ4n) is 2.95. The molecule has 10 heteroatoms. The molecule has 1 aromatic carbocycles. The standard InChI is InChI=1S/C20H29F3N4O2.HI/c1-2-24-19(25-10-9-18(28)27-11-3-4-12-27)26-13-16-5-7-17(8-6-16)14-29-15-20(21,22)23;/h5-8H,2-4,9-15H2,1H3,(H2,24,25,26);1H. The molecule has 1 amide bonds. The van der Waals surface area contributed by atoms with Crippen molar-refractivity contribution in [2.24, 2.45) is 4.99 Å². The van der Waals surface area contributed by atoms with E-state index in [1.807, 2.05) is 24.0 Å². The highest BCUT2D eigenvalue weighted by Gasteiger charge is 2.27. The SMILES string of the molecule is CCNC(=NCc1ccc(COCC(F)(F)F)cc1)NCCC(=O)N1CCCC1.I. The van der Waals surface area contributed by atoms with Gasteiger partial charge in [0.05, 0.1) is 13.2 Å². The van der Waals surface area contributed by atoms with Gasteiger partial charge in [-0.3, -0.25) is 4.79 Å². The molecular weight excluding hydrogens is 512 g/mol. The smallest absolute Gasteiger partial charge is 0.367 e. The van der Waals surface area contributed by atoms with Crippen LogP contribution in [0.5, 0.6) is 0 Å². The van der Waals surface area contributed by atoms with Crippen LogP contribution in [0.2, 0.25) is 0 Å². The van der Waals surface area contributed by atoms with Crippen molar-refractivity contribution in [2.45, 2.75) is 45.5 Å². The van der Waals surface area contributed by atoms with Gasteiger partial charge in [0.25, 0.3) is 0 Å². The molecule has 1 saturated heterocycles. The molecular formula is C20H30F3IN4O2. The molecule has 2 rings (SSSR count). The van der Waals surface area contributed by atoms with E-state index in [4.69, 9.17) is 0 Å². The summed E-state index contributed by atoms with van der Waals surface area (Å²) >= 11 is 0. The largest absolute Gasteiger partial charge is 0.411 e. The second-order valence-electron chi connectivity index (χ2n) is 6.88. The average Bonchev–Trinajstić information content (AvgIpc) is 3.21. The molecule has 6 nitrogen and oxygen atoms in total. The molecule has 30 heavy (non-hydrogen) atoms. The minimum absolute atomic E-state index is 0. The van der Waals surface area contributed by atoms with Gasteiger partial charge in [-0.1, -0.05) is 24.3 Å². The minimum atomic E-state index is -4.32. The Morgan fingerprint density at radius 3 is 2.37 bits per heavy atom. The number of halogens is 4. The first-order valence-corrected chi connectivity index (χ1v) is 9.89. The maximum Gasteiger partial charge on any atom is 0.411 e. The van der Waals surface area contributed by atoms with Crippen molar-refractivity contribution in [1.82, 2.24) is 15.5 Å². The molecule has 1 aliphatic rings. The lowest BCUT2D eigenvalue weighted by atomic mass is 10.1. The number of carbonyl (C=O) groups is 1. The second-order valence-corrected chi connectivity index (χ2v) is 6.88. The van der Waals surface area contributed by atoms with Gasteiger partial charge in [-0.25, -0.2) is 4.99 Å². The third-order valence-corrected chi connectivity index (χ3v) is 4.41. The van der Waals surface area contributed by atoms with E-state index in [1.54, 1.807) is 12.1 Å². The summed E-state index contributed by atoms with van der Waals surface area (Å²) in [5.74, 6) is 0.786. The van der Waals surface area contributed by atoms with Crippen LogP contribution in [0.1, 0.15) is 37.3 Å². The van der Waals surface area contributed by atoms with Gasteiger partial charge in [-0.15, -0.1) is 24.0 Å². The van der Waals surface area contributed by atoms with Crippen molar-refractivity contribution < 1.29 is 22.7 Å². The molecule has 0 aliphatic carbocycles. The van der Waals surface area contributed by atoms with Crippen molar-refractivity contribution in [1.29, 1.82) is 0 Å². The van der Waals surface area contributed by atoms with E-state index in [0.29, 0.717) is 37.6 Å². The number of amides is 1. The van der Waals surface area contributed by atoms with Crippen LogP contribution in [0.3, 0.4) is 0 Å². The Kier molecular flexibility index (Phi) is 12.1. The van der Waals surface area contributed by atoms with E-state index in [9.17, 15) is 18.0 Å². The van der Waals surface area contributed by atoms with Gasteiger partial charge in [0.2, 0.25) is 5.91 Å². The Labute approximate surface area is 192 Å². The molecule has 0 aromatic heterocycles. The molecule has 1 aliphatic heterocycles. The Balaban J connectivity index is 0.00000450. The van der Waals surface area contributed by atoms with Crippen molar-refractivity contribution >= 4 is 35.8 Å². The number of nitrogens with one attached hydrogen (secondary N) is 2. The van der Waals surface area contributed by atoms with Gasteiger partial charge >= 0.3 is 6.18 Å². The lowest BCUT2D eigenvalue weighted by Gasteiger charge is -2.16. The molecule has 0 atom stereocenters. The van der Waals surface area contributed by atoms with Crippen LogP contribution in [0, 0.1) is 0 Å². The van der Waals surface area contributed by atoms with Gasteiger partial charge in [-0.05, 0) is 30.9 Å². The normalized spacial score (nSPS) is 14.4. The maximum absolute atomic E-state index is 12.1. The number of benzene rings is 1. The van der Waals surface area contributed by atoms with Crippen molar-refractivity contribution in [3.05, 3.63) is 35.4 Å². The van der Waals surface area contributed by atoms with E-state index in [0.717, 1.165) is 31.5 Å². The zero-order valence-corrected chi connectivity index (χ0v) is 19.5. The van der Waals surface area contributed by atoms with E-state index >= 15 is 0 Å². The molecule has 0 radical (unpaired) electrons. The van der Waals surface area contributed by atoms with Crippen LogP contribution in [0.15, 0.2) is 29.3 Å². The van der Waals surface area contributed by atoms with Crippen LogP contribution >= 0.6 is 24.0 Å². The molecule has 1 heterocycles. The number of ether oxygens (including phenoxy) is 1. The number of carbonyl (C=O) groups excluding carboxylic acids is 1. The van der Waals surface area contributed by atoms with Crippen LogP contribution in [0.25, 0.3) is 0 Å². The molecule has 0 saturated carbocycles. The lowest BCUT2D eigenvalue weighted by molar-refractivity contribution is -0.176. The summed E-state index contributed by atoms with van der Waals surface area (Å²) in [5, 5.41) is 6.30. The maximum atomic E-state index is 12.1. The number of hydrogen-bond acceptors (Lipinski definition) is 3. The number of nitrogens with zero attached hydrogens (tertiary/aromatic N) is 2. The van der Waals surface area contributed by atoms with E-state index in [-0.39, 0.29) is 36.5 Å². The highest BCUT2D eigenvalue weighted by atomic mass is 127. The van der Waals surface area contributed by atoms with E-state index < -0.39 is 12.8 Å². The summed E-state index contributed by atoms with van der Waals surface area (Å²) in [7, 11) is 0. The summed E-state index contributed by atoms with van der Waals surface area (Å²) in [6.45, 7) is 3.95. The van der Waals surface area contributed by atoms with Gasteiger partial charge in [-0.2, -0.15) is 13.2 Å². The zero-order chi connectivity index (χ0) is 21.1. The first kappa shape index (κ1) is 26.5. The van der Waals surface area contributed by atoms with Crippen LogP contribution in [0.4, 0.5) is 13.2 Å². The van der Waals surface area contributed by atoms with Gasteiger partial charge in [0, 0.05) is 32.6 Å². The first-order valence-electron chi connectivity index (χ1n) is 9.89. The fourth-order valence-corrected chi connectivity index (χ4v) is 2.95. The Morgan fingerprint density at radius 1 is 1.13 bits per heavy atom. The van der Waals surface area contributed by atoms with Gasteiger partial charge < -0.3 is 20.3 Å². The first-order chi connectivity index (χ1) is 13.9. The fraction of sp³-hybridized carbons (Fsp3) is 0.600. The Hall–Kier alpha value is -1.56. The van der Waals surface area contributed by atoms with E-state index in [2.05, 4.69) is 20.4 Å². The van der Waals surface area contributed by atoms with Gasteiger partial charge in [0.1, 0.15) is 6.61 Å². The van der Waals surface area contributed by atoms with Crippen LogP contribution in [-0.2, 0) is 22.7 Å². The summed E-state index contributed by atoms with van der Waals surface area (Å²) in [4.78, 5) is 18.5. The number of rotatable bonds is 9. The molecule has 170 valence electrons. The Morgan fingerprint density at radius 2 is 1.77 bits per heavy atom. The third-order valence-electron chi connectivity index (χ3n) is 4.41. The van der Waals surface area contributed by atoms with E-state index in [1.165, 1.54) is 0 Å². The molecule has 1 aromatic rings. The third kappa shape index (κ3) is 10.5. The molecule has 0 bridgehead atoms. The van der Waals surface area contributed by atoms with Crippen LogP contribution in [-0.4, -0.2) is 55.7 Å². The summed E-state index contributed by atoms with van der Waals surface area (Å²) in [6, 6.07) is 7.10. The average molecular weight is 542 g/mol. The highest BCUT2D eigenvalue weighted by Crippen LogP contribution is 2.16. The monoisotopic (exact) mass is 542 g/mol. The van der Waals surface area contributed by atoms with Crippen LogP contribution < -0.4 is 10.6 Å². The van der Waals surface area contributed by atoms with Crippen molar-refractivity contribution in [2.75, 3.05) is 32.8 Å². The summed E-state index contributed by atoms with van der Waals surface area (Å²) in [6.07, 6.45) is -1.73. The number of hydrogen-bond donors (Lipinski definition) is 2. The summed E-state index contributed by atoms with van der Waals surface area (Å²) in [5.41, 5.74) is 1.60. The molecule has 1 fully saturated rings. The summed E-state index contributed by atoms with van der Waals surface area (Å²) < 4.78 is 41.0. The van der Waals surface area contributed by atoms with Crippen molar-refractivity contribution in [3.63, 3.8) is 0 Å². The lowest BCUT2D eigenvalue weighted by Crippen LogP contribution is -2.39. The number of alkyl halides is 3. The Bertz CT molecular complexity index is 663. The highest BCUT2D eigenvalue weighted by molar-refractivity contribution is 14.0. The van der Waals surface area contributed by atoms with Gasteiger partial charge in [0.15, 0.2) is 5.96 Å². The number of aliphatic imine (C=N–C) groups is 1. The quantitative estimate of drug-likeness (QED) is 0.285. The predicted molar refractivity (Wildman–Crippen MR) is 121 cm³/mol. The predicted octanol–water partition coefficient (Wildman–Crippen LogP) is 3.45. The molecule has 0 unspecified atom stereocenters. The second kappa shape index (κ2) is 13.7. The van der Waals surface area contributed by atoms with Crippen molar-refractivity contribution in [3.8, 4) is 0 Å². The molecule has 0 spiro atoms. The number of guanidine groups is 1. The minimum Gasteiger partial charge on any atom is -0.367 e. The number of likely N-dealkylation sites (tertiary alicyclic amines) is 1.